The Morgan fingerprint density at radius 3 is 3.10 bits per heavy atom. The monoisotopic (exact) mass is 285 g/mol. The van der Waals surface area contributed by atoms with Crippen LogP contribution in [0.1, 0.15) is 36.3 Å². The van der Waals surface area contributed by atoms with Gasteiger partial charge in [0.15, 0.2) is 0 Å². The van der Waals surface area contributed by atoms with Crippen LogP contribution in [0.2, 0.25) is 0 Å². The van der Waals surface area contributed by atoms with Crippen molar-refractivity contribution in [3.05, 3.63) is 47.5 Å². The van der Waals surface area contributed by atoms with E-state index >= 15 is 0 Å². The zero-order valence-electron chi connectivity index (χ0n) is 12.8. The number of hydrogen-bond acceptors (Lipinski definition) is 3. The fourth-order valence-corrected chi connectivity index (χ4v) is 3.04. The van der Waals surface area contributed by atoms with Gasteiger partial charge in [-0.05, 0) is 42.6 Å². The quantitative estimate of drug-likeness (QED) is 0.887. The fraction of sp³-hybridized carbons (Fsp3) is 0.471. The zero-order valence-corrected chi connectivity index (χ0v) is 12.8. The number of aromatic nitrogens is 2. The first-order chi connectivity index (χ1) is 10.3. The highest BCUT2D eigenvalue weighted by Gasteiger charge is 2.21. The van der Waals surface area contributed by atoms with Gasteiger partial charge in [-0.2, -0.15) is 0 Å². The van der Waals surface area contributed by atoms with Gasteiger partial charge in [-0.25, -0.2) is 4.98 Å². The molecule has 1 unspecified atom stereocenters. The van der Waals surface area contributed by atoms with E-state index in [1.165, 1.54) is 17.5 Å². The molecule has 0 saturated carbocycles. The van der Waals surface area contributed by atoms with E-state index in [1.807, 2.05) is 24.0 Å². The summed E-state index contributed by atoms with van der Waals surface area (Å²) in [5, 5.41) is 3.54. The van der Waals surface area contributed by atoms with Gasteiger partial charge < -0.3 is 14.6 Å². The van der Waals surface area contributed by atoms with E-state index in [4.69, 9.17) is 4.74 Å². The number of imidazole rings is 1. The molecule has 1 aromatic heterocycles. The van der Waals surface area contributed by atoms with Gasteiger partial charge in [0, 0.05) is 31.9 Å². The number of fused-ring (bicyclic) bond motifs is 1. The van der Waals surface area contributed by atoms with Crippen molar-refractivity contribution < 1.29 is 4.74 Å². The van der Waals surface area contributed by atoms with Crippen LogP contribution in [0.4, 0.5) is 0 Å². The lowest BCUT2D eigenvalue weighted by Crippen LogP contribution is -2.18. The molecule has 112 valence electrons. The Morgan fingerprint density at radius 1 is 1.43 bits per heavy atom. The average Bonchev–Trinajstić information content (AvgIpc) is 3.07. The summed E-state index contributed by atoms with van der Waals surface area (Å²) in [5.41, 5.74) is 2.86. The van der Waals surface area contributed by atoms with Gasteiger partial charge in [0.25, 0.3) is 0 Å². The van der Waals surface area contributed by atoms with Crippen molar-refractivity contribution in [3.63, 3.8) is 0 Å². The van der Waals surface area contributed by atoms with Gasteiger partial charge >= 0.3 is 0 Å². The molecule has 4 heteroatoms. The molecule has 1 aliphatic rings. The van der Waals surface area contributed by atoms with Gasteiger partial charge in [0.2, 0.25) is 0 Å². The first-order valence-electron chi connectivity index (χ1n) is 7.73. The normalized spacial score (nSPS) is 17.0. The summed E-state index contributed by atoms with van der Waals surface area (Å²) in [6.07, 6.45) is 6.96. The lowest BCUT2D eigenvalue weighted by molar-refractivity contribution is 0.317. The second-order valence-electron chi connectivity index (χ2n) is 5.56. The van der Waals surface area contributed by atoms with E-state index in [1.54, 1.807) is 0 Å². The topological polar surface area (TPSA) is 39.1 Å². The van der Waals surface area contributed by atoms with Gasteiger partial charge in [-0.1, -0.05) is 13.0 Å². The minimum atomic E-state index is 0.520. The third-order valence-electron chi connectivity index (χ3n) is 4.16. The maximum atomic E-state index is 5.88. The van der Waals surface area contributed by atoms with Crippen LogP contribution in [0.3, 0.4) is 0 Å². The van der Waals surface area contributed by atoms with Crippen molar-refractivity contribution in [3.8, 4) is 5.75 Å². The summed E-state index contributed by atoms with van der Waals surface area (Å²) < 4.78 is 7.92. The average molecular weight is 285 g/mol. The minimum Gasteiger partial charge on any atom is -0.493 e. The van der Waals surface area contributed by atoms with E-state index < -0.39 is 0 Å². The smallest absolute Gasteiger partial charge is 0.119 e. The van der Waals surface area contributed by atoms with Gasteiger partial charge in [-0.3, -0.25) is 0 Å². The number of benzene rings is 1. The molecule has 0 bridgehead atoms. The number of rotatable bonds is 6. The van der Waals surface area contributed by atoms with E-state index in [0.717, 1.165) is 31.0 Å². The maximum absolute atomic E-state index is 5.88. The summed E-state index contributed by atoms with van der Waals surface area (Å²) in [4.78, 5) is 4.31. The summed E-state index contributed by atoms with van der Waals surface area (Å²) in [6.45, 7) is 3.85. The Kier molecular flexibility index (Phi) is 4.25. The SMILES string of the molecule is CCNC1CCc2cc(OCCc3nccn3C)ccc21. The summed E-state index contributed by atoms with van der Waals surface area (Å²) >= 11 is 0. The Bertz CT molecular complexity index is 606. The number of aryl methyl sites for hydroxylation is 2. The predicted molar refractivity (Wildman–Crippen MR) is 83.6 cm³/mol. The van der Waals surface area contributed by atoms with Crippen LogP contribution < -0.4 is 10.1 Å². The molecule has 3 rings (SSSR count). The van der Waals surface area contributed by atoms with Crippen molar-refractivity contribution in [2.75, 3.05) is 13.2 Å². The number of ether oxygens (including phenoxy) is 1. The Labute approximate surface area is 126 Å². The largest absolute Gasteiger partial charge is 0.493 e. The van der Waals surface area contributed by atoms with Gasteiger partial charge in [-0.15, -0.1) is 0 Å². The molecule has 0 saturated heterocycles. The van der Waals surface area contributed by atoms with Crippen LogP contribution in [0, 0.1) is 0 Å². The lowest BCUT2D eigenvalue weighted by Gasteiger charge is -2.13. The summed E-state index contributed by atoms with van der Waals surface area (Å²) in [5.74, 6) is 2.03. The number of hydrogen-bond donors (Lipinski definition) is 1. The molecule has 1 aromatic carbocycles. The number of nitrogens with one attached hydrogen (secondary N) is 1. The molecule has 0 amide bonds. The Balaban J connectivity index is 1.59. The molecular weight excluding hydrogens is 262 g/mol. The fourth-order valence-electron chi connectivity index (χ4n) is 3.04. The van der Waals surface area contributed by atoms with Crippen LogP contribution in [0.5, 0.6) is 5.75 Å². The Morgan fingerprint density at radius 2 is 2.33 bits per heavy atom. The highest BCUT2D eigenvalue weighted by Crippen LogP contribution is 2.33. The highest BCUT2D eigenvalue weighted by molar-refractivity contribution is 5.40. The second-order valence-corrected chi connectivity index (χ2v) is 5.56. The first kappa shape index (κ1) is 14.1. The van der Waals surface area contributed by atoms with Crippen molar-refractivity contribution in [1.82, 2.24) is 14.9 Å². The molecule has 0 spiro atoms. The number of nitrogens with zero attached hydrogens (tertiary/aromatic N) is 2. The highest BCUT2D eigenvalue weighted by atomic mass is 16.5. The standard InChI is InChI=1S/C17H23N3O/c1-3-18-16-7-4-13-12-14(5-6-15(13)16)21-11-8-17-19-9-10-20(17)2/h5-6,9-10,12,16,18H,3-4,7-8,11H2,1-2H3. The lowest BCUT2D eigenvalue weighted by atomic mass is 10.1. The summed E-state index contributed by atoms with van der Waals surface area (Å²) in [6, 6.07) is 7.02. The Hall–Kier alpha value is -1.81. The third-order valence-corrected chi connectivity index (χ3v) is 4.16. The molecule has 0 aliphatic heterocycles. The van der Waals surface area contributed by atoms with E-state index in [2.05, 4.69) is 35.4 Å². The van der Waals surface area contributed by atoms with E-state index in [0.29, 0.717) is 12.6 Å². The molecule has 1 N–H and O–H groups in total. The van der Waals surface area contributed by atoms with Crippen molar-refractivity contribution in [2.24, 2.45) is 7.05 Å². The van der Waals surface area contributed by atoms with E-state index in [-0.39, 0.29) is 0 Å². The minimum absolute atomic E-state index is 0.520. The van der Waals surface area contributed by atoms with Crippen molar-refractivity contribution >= 4 is 0 Å². The van der Waals surface area contributed by atoms with Crippen LogP contribution in [0.15, 0.2) is 30.6 Å². The van der Waals surface area contributed by atoms with Crippen LogP contribution in [-0.2, 0) is 19.9 Å². The first-order valence-corrected chi connectivity index (χ1v) is 7.73. The van der Waals surface area contributed by atoms with Crippen LogP contribution >= 0.6 is 0 Å². The zero-order chi connectivity index (χ0) is 14.7. The molecule has 2 aromatic rings. The third kappa shape index (κ3) is 3.10. The molecule has 1 heterocycles. The molecule has 1 atom stereocenters. The molecule has 1 aliphatic carbocycles. The molecule has 21 heavy (non-hydrogen) atoms. The molecular formula is C17H23N3O. The molecule has 4 nitrogen and oxygen atoms in total. The van der Waals surface area contributed by atoms with Gasteiger partial charge in [0.05, 0.1) is 6.61 Å². The maximum Gasteiger partial charge on any atom is 0.119 e. The summed E-state index contributed by atoms with van der Waals surface area (Å²) in [7, 11) is 2.01. The molecule has 0 radical (unpaired) electrons. The predicted octanol–water partition coefficient (Wildman–Crippen LogP) is 2.64. The molecule has 0 fully saturated rings. The van der Waals surface area contributed by atoms with Crippen LogP contribution in [0.25, 0.3) is 0 Å². The van der Waals surface area contributed by atoms with Gasteiger partial charge in [0.1, 0.15) is 11.6 Å². The van der Waals surface area contributed by atoms with E-state index in [9.17, 15) is 0 Å². The van der Waals surface area contributed by atoms with Crippen molar-refractivity contribution in [2.45, 2.75) is 32.2 Å². The second kappa shape index (κ2) is 6.31. The van der Waals surface area contributed by atoms with Crippen molar-refractivity contribution in [1.29, 1.82) is 0 Å². The van der Waals surface area contributed by atoms with Crippen LogP contribution in [-0.4, -0.2) is 22.7 Å².